The van der Waals surface area contributed by atoms with Gasteiger partial charge in [0.15, 0.2) is 0 Å². The molecule has 14 nitrogen and oxygen atoms in total. The van der Waals surface area contributed by atoms with Gasteiger partial charge in [0.05, 0.1) is 145 Å². The molecule has 1 aromatic carbocycles. The van der Waals surface area contributed by atoms with Crippen molar-refractivity contribution in [3.8, 4) is 5.75 Å². The maximum atomic E-state index is 11.5. The summed E-state index contributed by atoms with van der Waals surface area (Å²) >= 11 is 0. The number of esters is 1. The highest BCUT2D eigenvalue weighted by atomic mass is 16.6. The molecule has 14 heteroatoms. The van der Waals surface area contributed by atoms with Crippen LogP contribution in [0.5, 0.6) is 5.75 Å². The Labute approximate surface area is 350 Å². The molecule has 0 aliphatic carbocycles. The Kier molecular flexibility index (Phi) is 43.0. The number of carbonyl (C=O) groups excluding carboxylic acids is 1. The molecule has 0 aliphatic heterocycles. The summed E-state index contributed by atoms with van der Waals surface area (Å²) in [7, 11) is 0. The van der Waals surface area contributed by atoms with Crippen molar-refractivity contribution < 1.29 is 66.4 Å². The number of rotatable bonds is 48. The van der Waals surface area contributed by atoms with Gasteiger partial charge in [0.1, 0.15) is 19.0 Å². The molecule has 0 atom stereocenters. The highest BCUT2D eigenvalue weighted by Gasteiger charge is 2.02. The van der Waals surface area contributed by atoms with Crippen molar-refractivity contribution in [2.24, 2.45) is 0 Å². The quantitative estimate of drug-likeness (QED) is 0.0539. The number of hydrogen-bond acceptors (Lipinski definition) is 14. The molecule has 0 spiro atoms. The molecule has 0 unspecified atom stereocenters. The smallest absolute Gasteiger partial charge is 0.305 e. The van der Waals surface area contributed by atoms with E-state index in [-0.39, 0.29) is 12.6 Å². The van der Waals surface area contributed by atoms with Crippen LogP contribution in [-0.2, 0) is 68.1 Å². The molecule has 0 saturated heterocycles. The minimum Gasteiger partial charge on any atom is -0.491 e. The predicted molar refractivity (Wildman–Crippen MR) is 223 cm³/mol. The van der Waals surface area contributed by atoms with Crippen molar-refractivity contribution in [2.75, 3.05) is 159 Å². The zero-order valence-electron chi connectivity index (χ0n) is 36.3. The minimum absolute atomic E-state index is 0.160. The fourth-order valence-corrected chi connectivity index (χ4v) is 5.19. The number of ether oxygens (including phenoxy) is 13. The molecule has 0 saturated carbocycles. The van der Waals surface area contributed by atoms with Crippen LogP contribution in [0.2, 0.25) is 0 Å². The summed E-state index contributed by atoms with van der Waals surface area (Å²) in [6, 6.07) is 8.43. The molecule has 0 bridgehead atoms. The van der Waals surface area contributed by atoms with Crippen molar-refractivity contribution in [3.63, 3.8) is 0 Å². The summed E-state index contributed by atoms with van der Waals surface area (Å²) in [5.41, 5.74) is 1.37. The van der Waals surface area contributed by atoms with Crippen molar-refractivity contribution in [1.82, 2.24) is 0 Å². The monoisotopic (exact) mass is 833 g/mol. The zero-order chi connectivity index (χ0) is 41.5. The van der Waals surface area contributed by atoms with Crippen LogP contribution in [0.25, 0.3) is 0 Å². The van der Waals surface area contributed by atoms with Gasteiger partial charge >= 0.3 is 5.97 Å². The van der Waals surface area contributed by atoms with Crippen molar-refractivity contribution in [3.05, 3.63) is 29.8 Å². The van der Waals surface area contributed by atoms with Crippen LogP contribution in [0.3, 0.4) is 0 Å². The summed E-state index contributed by atoms with van der Waals surface area (Å²) in [6.45, 7) is 16.0. The van der Waals surface area contributed by atoms with Crippen LogP contribution in [0.1, 0.15) is 83.6 Å². The van der Waals surface area contributed by atoms with Gasteiger partial charge in [-0.25, -0.2) is 0 Å². The number of carbonyl (C=O) groups is 1. The maximum absolute atomic E-state index is 11.5. The van der Waals surface area contributed by atoms with Gasteiger partial charge in [-0.1, -0.05) is 70.9 Å². The third kappa shape index (κ3) is 40.8. The van der Waals surface area contributed by atoms with Gasteiger partial charge < -0.3 is 61.6 Å². The lowest BCUT2D eigenvalue weighted by molar-refractivity contribution is -0.145. The summed E-state index contributed by atoms with van der Waals surface area (Å²) < 4.78 is 71.4. The first kappa shape index (κ1) is 54.1. The fourth-order valence-electron chi connectivity index (χ4n) is 5.19. The van der Waals surface area contributed by atoms with Gasteiger partial charge in [0.25, 0.3) is 0 Å². The van der Waals surface area contributed by atoms with Crippen molar-refractivity contribution >= 4 is 5.97 Å². The van der Waals surface area contributed by atoms with Crippen LogP contribution < -0.4 is 4.74 Å². The second-order valence-corrected chi connectivity index (χ2v) is 13.4. The van der Waals surface area contributed by atoms with E-state index in [4.69, 9.17) is 61.6 Å². The van der Waals surface area contributed by atoms with E-state index >= 15 is 0 Å². The van der Waals surface area contributed by atoms with E-state index in [1.165, 1.54) is 44.1 Å². The van der Waals surface area contributed by atoms with Crippen LogP contribution >= 0.6 is 0 Å². The Bertz CT molecular complexity index is 955. The maximum Gasteiger partial charge on any atom is 0.305 e. The Morgan fingerprint density at radius 1 is 0.362 bits per heavy atom. The molecular formula is C44H80O14. The van der Waals surface area contributed by atoms with Crippen molar-refractivity contribution in [1.29, 1.82) is 0 Å². The van der Waals surface area contributed by atoms with Crippen LogP contribution in [0, 0.1) is 0 Å². The van der Waals surface area contributed by atoms with E-state index < -0.39 is 0 Å². The third-order valence-electron chi connectivity index (χ3n) is 8.43. The summed E-state index contributed by atoms with van der Waals surface area (Å²) in [4.78, 5) is 11.5. The summed E-state index contributed by atoms with van der Waals surface area (Å²) in [5.74, 6) is 0.722. The molecule has 0 aromatic heterocycles. The van der Waals surface area contributed by atoms with Crippen LogP contribution in [-0.4, -0.2) is 165 Å². The van der Waals surface area contributed by atoms with E-state index in [0.29, 0.717) is 158 Å². The van der Waals surface area contributed by atoms with E-state index in [0.717, 1.165) is 31.4 Å². The Morgan fingerprint density at radius 3 is 1.05 bits per heavy atom. The normalized spacial score (nSPS) is 11.4. The van der Waals surface area contributed by atoms with Crippen LogP contribution in [0.4, 0.5) is 0 Å². The Balaban J connectivity index is 1.66. The molecular weight excluding hydrogens is 752 g/mol. The van der Waals surface area contributed by atoms with E-state index in [1.54, 1.807) is 0 Å². The molecule has 340 valence electrons. The average Bonchev–Trinajstić information content (AvgIpc) is 3.23. The molecule has 1 aromatic rings. The number of aryl methyl sites for hydroxylation is 1. The summed E-state index contributed by atoms with van der Waals surface area (Å²) in [6.07, 6.45) is 12.6. The molecule has 0 aliphatic rings. The molecule has 0 radical (unpaired) electrons. The predicted octanol–water partition coefficient (Wildman–Crippen LogP) is 6.27. The van der Waals surface area contributed by atoms with Gasteiger partial charge in [-0.3, -0.25) is 4.79 Å². The molecule has 1 rings (SSSR count). The Morgan fingerprint density at radius 2 is 0.672 bits per heavy atom. The summed E-state index contributed by atoms with van der Waals surface area (Å²) in [5, 5.41) is 0. The van der Waals surface area contributed by atoms with E-state index in [2.05, 4.69) is 26.0 Å². The lowest BCUT2D eigenvalue weighted by Gasteiger charge is -2.09. The first-order chi connectivity index (χ1) is 28.8. The SMILES string of the molecule is CCCCCCCCc1ccc(OCCOCCOCCOCCOCCOCCOCCOCCOCCOCCOCCOCCOC(=O)CCCCC)cc1. The van der Waals surface area contributed by atoms with Gasteiger partial charge in [-0.15, -0.1) is 0 Å². The average molecular weight is 833 g/mol. The molecule has 0 fully saturated rings. The third-order valence-corrected chi connectivity index (χ3v) is 8.43. The van der Waals surface area contributed by atoms with Gasteiger partial charge in [-0.05, 0) is 37.0 Å². The minimum atomic E-state index is -0.160. The molecule has 0 amide bonds. The second kappa shape index (κ2) is 46.1. The highest BCUT2D eigenvalue weighted by Crippen LogP contribution is 2.15. The molecule has 58 heavy (non-hydrogen) atoms. The topological polar surface area (TPSA) is 137 Å². The molecule has 0 N–H and O–H groups in total. The van der Waals surface area contributed by atoms with Crippen molar-refractivity contribution in [2.45, 2.75) is 84.5 Å². The zero-order valence-corrected chi connectivity index (χ0v) is 36.3. The second-order valence-electron chi connectivity index (χ2n) is 13.4. The Hall–Kier alpha value is -1.95. The van der Waals surface area contributed by atoms with Crippen LogP contribution in [0.15, 0.2) is 24.3 Å². The van der Waals surface area contributed by atoms with Gasteiger partial charge in [0, 0.05) is 6.42 Å². The first-order valence-electron chi connectivity index (χ1n) is 22.0. The number of unbranched alkanes of at least 4 members (excludes halogenated alkanes) is 7. The lowest BCUT2D eigenvalue weighted by Crippen LogP contribution is -2.16. The van der Waals surface area contributed by atoms with Gasteiger partial charge in [-0.2, -0.15) is 0 Å². The largest absolute Gasteiger partial charge is 0.491 e. The first-order valence-corrected chi connectivity index (χ1v) is 22.0. The highest BCUT2D eigenvalue weighted by molar-refractivity contribution is 5.69. The fraction of sp³-hybridized carbons (Fsp3) is 0.841. The van der Waals surface area contributed by atoms with Gasteiger partial charge in [0.2, 0.25) is 0 Å². The standard InChI is InChI=1S/C44H80O14/c1-3-5-7-8-9-11-12-42-14-16-43(17-15-42)57-40-38-55-36-34-53-32-30-51-28-26-49-24-22-47-20-18-46-19-21-48-23-25-50-27-29-52-31-33-54-35-37-56-39-41-58-44(45)13-10-6-4-2/h14-17H,3-13,18-41H2,1-2H3. The van der Waals surface area contributed by atoms with E-state index in [1.807, 2.05) is 12.1 Å². The number of hydrogen-bond donors (Lipinski definition) is 0. The van der Waals surface area contributed by atoms with E-state index in [9.17, 15) is 4.79 Å². The molecule has 0 heterocycles. The number of benzene rings is 1. The lowest BCUT2D eigenvalue weighted by atomic mass is 10.0.